The van der Waals surface area contributed by atoms with Gasteiger partial charge in [-0.05, 0) is 50.6 Å². The van der Waals surface area contributed by atoms with Crippen molar-refractivity contribution < 1.29 is 4.42 Å². The molecule has 0 fully saturated rings. The molecule has 116 valence electrons. The fraction of sp³-hybridized carbons (Fsp3) is 0.235. The highest BCUT2D eigenvalue weighted by molar-refractivity contribution is 6.31. The summed E-state index contributed by atoms with van der Waals surface area (Å²) in [6, 6.07) is 9.43. The molecule has 0 aliphatic rings. The quantitative estimate of drug-likeness (QED) is 0.764. The van der Waals surface area contributed by atoms with Crippen molar-refractivity contribution in [1.82, 2.24) is 10.2 Å². The lowest BCUT2D eigenvalue weighted by Gasteiger charge is -2.14. The molecule has 0 aliphatic heterocycles. The molecule has 5 nitrogen and oxygen atoms in total. The van der Waals surface area contributed by atoms with Crippen molar-refractivity contribution in [2.75, 3.05) is 5.32 Å². The van der Waals surface area contributed by atoms with Crippen LogP contribution in [0, 0.1) is 25.2 Å². The van der Waals surface area contributed by atoms with Gasteiger partial charge in [-0.25, -0.2) is 0 Å². The summed E-state index contributed by atoms with van der Waals surface area (Å²) in [5.41, 5.74) is 2.85. The molecule has 6 heteroatoms. The predicted molar refractivity (Wildman–Crippen MR) is 89.5 cm³/mol. The Balaban J connectivity index is 1.93. The molecule has 2 heterocycles. The summed E-state index contributed by atoms with van der Waals surface area (Å²) in [5, 5.41) is 22.3. The number of nitrogens with one attached hydrogen (secondary N) is 1. The zero-order valence-electron chi connectivity index (χ0n) is 13.0. The number of aryl methyl sites for hydroxylation is 1. The second-order valence-electron chi connectivity index (χ2n) is 5.44. The summed E-state index contributed by atoms with van der Waals surface area (Å²) in [7, 11) is 0. The number of halogens is 1. The van der Waals surface area contributed by atoms with Crippen LogP contribution in [0.1, 0.15) is 35.5 Å². The average Bonchev–Trinajstić information content (AvgIpc) is 2.94. The summed E-state index contributed by atoms with van der Waals surface area (Å²) in [6.45, 7) is 5.64. The maximum atomic E-state index is 9.36. The lowest BCUT2D eigenvalue weighted by atomic mass is 10.1. The minimum atomic E-state index is -0.162. The van der Waals surface area contributed by atoms with E-state index in [1.54, 1.807) is 6.07 Å². The zero-order valence-corrected chi connectivity index (χ0v) is 13.8. The molecular weight excluding hydrogens is 312 g/mol. The van der Waals surface area contributed by atoms with E-state index in [1.807, 2.05) is 39.0 Å². The molecule has 1 aromatic carbocycles. The average molecular weight is 327 g/mol. The van der Waals surface area contributed by atoms with Crippen molar-refractivity contribution in [2.45, 2.75) is 26.8 Å². The number of aromatic nitrogens is 2. The van der Waals surface area contributed by atoms with Crippen molar-refractivity contribution >= 4 is 28.4 Å². The van der Waals surface area contributed by atoms with Crippen LogP contribution in [-0.4, -0.2) is 10.2 Å². The number of hydrogen-bond acceptors (Lipinski definition) is 5. The van der Waals surface area contributed by atoms with Gasteiger partial charge >= 0.3 is 0 Å². The summed E-state index contributed by atoms with van der Waals surface area (Å²) in [4.78, 5) is 0. The number of furan rings is 1. The first-order valence-electron chi connectivity index (χ1n) is 7.19. The van der Waals surface area contributed by atoms with Crippen molar-refractivity contribution in [3.05, 3.63) is 51.9 Å². The Kier molecular flexibility index (Phi) is 3.93. The molecule has 23 heavy (non-hydrogen) atoms. The van der Waals surface area contributed by atoms with E-state index in [2.05, 4.69) is 21.6 Å². The number of nitriles is 1. The summed E-state index contributed by atoms with van der Waals surface area (Å²) >= 11 is 6.00. The van der Waals surface area contributed by atoms with Crippen LogP contribution in [0.4, 0.5) is 5.82 Å². The number of nitrogens with zero attached hydrogens (tertiary/aromatic N) is 3. The highest BCUT2D eigenvalue weighted by Gasteiger charge is 2.16. The lowest BCUT2D eigenvalue weighted by molar-refractivity contribution is 0.525. The molecule has 1 N–H and O–H groups in total. The largest absolute Gasteiger partial charge is 0.459 e. The van der Waals surface area contributed by atoms with Crippen LogP contribution in [0.15, 0.2) is 28.7 Å². The van der Waals surface area contributed by atoms with E-state index in [1.165, 1.54) is 0 Å². The molecule has 0 bridgehead atoms. The van der Waals surface area contributed by atoms with Gasteiger partial charge in [-0.2, -0.15) is 10.4 Å². The molecule has 0 spiro atoms. The number of hydrogen-bond donors (Lipinski definition) is 1. The van der Waals surface area contributed by atoms with Crippen LogP contribution in [-0.2, 0) is 0 Å². The third kappa shape index (κ3) is 2.86. The van der Waals surface area contributed by atoms with E-state index in [0.717, 1.165) is 28.0 Å². The number of benzene rings is 1. The lowest BCUT2D eigenvalue weighted by Crippen LogP contribution is -2.11. The van der Waals surface area contributed by atoms with Crippen LogP contribution in [0.2, 0.25) is 5.02 Å². The van der Waals surface area contributed by atoms with Gasteiger partial charge in [-0.15, -0.1) is 5.10 Å². The monoisotopic (exact) mass is 326 g/mol. The van der Waals surface area contributed by atoms with Gasteiger partial charge < -0.3 is 9.73 Å². The molecule has 0 saturated heterocycles. The van der Waals surface area contributed by atoms with E-state index >= 15 is 0 Å². The second kappa shape index (κ2) is 5.90. The molecule has 3 rings (SSSR count). The van der Waals surface area contributed by atoms with Crippen molar-refractivity contribution in [3.63, 3.8) is 0 Å². The minimum Gasteiger partial charge on any atom is -0.459 e. The van der Waals surface area contributed by atoms with Gasteiger partial charge in [0.15, 0.2) is 5.82 Å². The maximum Gasteiger partial charge on any atom is 0.167 e. The number of anilines is 1. The van der Waals surface area contributed by atoms with E-state index in [-0.39, 0.29) is 6.04 Å². The van der Waals surface area contributed by atoms with Gasteiger partial charge in [0.25, 0.3) is 0 Å². The molecule has 2 aromatic heterocycles. The van der Waals surface area contributed by atoms with Crippen molar-refractivity contribution in [3.8, 4) is 6.07 Å². The maximum absolute atomic E-state index is 9.36. The SMILES string of the molecule is Cc1nnc(NC(C)c2cc3cc(Cl)ccc3o2)c(C#N)c1C. The Bertz CT molecular complexity index is 926. The molecule has 0 amide bonds. The van der Waals surface area contributed by atoms with Gasteiger partial charge in [-0.3, -0.25) is 0 Å². The van der Waals surface area contributed by atoms with Crippen LogP contribution >= 0.6 is 11.6 Å². The van der Waals surface area contributed by atoms with Gasteiger partial charge in [0.1, 0.15) is 23.0 Å². The Hall–Kier alpha value is -2.58. The van der Waals surface area contributed by atoms with Gasteiger partial charge in [-0.1, -0.05) is 11.6 Å². The smallest absolute Gasteiger partial charge is 0.167 e. The molecule has 3 aromatic rings. The number of rotatable bonds is 3. The Morgan fingerprint density at radius 3 is 2.78 bits per heavy atom. The fourth-order valence-corrected chi connectivity index (χ4v) is 2.55. The molecule has 0 saturated carbocycles. The topological polar surface area (TPSA) is 74.7 Å². The van der Waals surface area contributed by atoms with E-state index in [9.17, 15) is 5.26 Å². The van der Waals surface area contributed by atoms with Crippen molar-refractivity contribution in [1.29, 1.82) is 5.26 Å². The van der Waals surface area contributed by atoms with Gasteiger partial charge in [0, 0.05) is 10.4 Å². The summed E-state index contributed by atoms with van der Waals surface area (Å²) in [6.07, 6.45) is 0. The molecule has 0 radical (unpaired) electrons. The Morgan fingerprint density at radius 2 is 2.04 bits per heavy atom. The van der Waals surface area contributed by atoms with Crippen LogP contribution in [0.3, 0.4) is 0 Å². The summed E-state index contributed by atoms with van der Waals surface area (Å²) in [5.74, 6) is 1.20. The van der Waals surface area contributed by atoms with E-state index < -0.39 is 0 Å². The van der Waals surface area contributed by atoms with Crippen molar-refractivity contribution in [2.24, 2.45) is 0 Å². The van der Waals surface area contributed by atoms with Crippen LogP contribution < -0.4 is 5.32 Å². The second-order valence-corrected chi connectivity index (χ2v) is 5.88. The third-order valence-corrected chi connectivity index (χ3v) is 4.08. The zero-order chi connectivity index (χ0) is 16.6. The number of fused-ring (bicyclic) bond motifs is 1. The minimum absolute atomic E-state index is 0.162. The highest BCUT2D eigenvalue weighted by Crippen LogP contribution is 2.29. The fourth-order valence-electron chi connectivity index (χ4n) is 2.37. The normalized spacial score (nSPS) is 12.1. The molecular formula is C17H15ClN4O. The molecule has 1 atom stereocenters. The first-order chi connectivity index (χ1) is 11.0. The first kappa shape index (κ1) is 15.3. The van der Waals surface area contributed by atoms with Gasteiger partial charge in [0.05, 0.1) is 11.7 Å². The summed E-state index contributed by atoms with van der Waals surface area (Å²) < 4.78 is 5.83. The Labute approximate surface area is 138 Å². The molecule has 0 aliphatic carbocycles. The standard InChI is InChI=1S/C17H15ClN4O/c1-9-10(2)21-22-17(14(9)8-19)20-11(3)16-7-12-6-13(18)4-5-15(12)23-16/h4-7,11H,1-3H3,(H,20,22). The van der Waals surface area contributed by atoms with Crippen LogP contribution in [0.25, 0.3) is 11.0 Å². The third-order valence-electron chi connectivity index (χ3n) is 3.84. The first-order valence-corrected chi connectivity index (χ1v) is 7.57. The predicted octanol–water partition coefficient (Wildman–Crippen LogP) is 4.54. The van der Waals surface area contributed by atoms with E-state index in [0.29, 0.717) is 16.4 Å². The van der Waals surface area contributed by atoms with Crippen LogP contribution in [0.5, 0.6) is 0 Å². The van der Waals surface area contributed by atoms with E-state index in [4.69, 9.17) is 16.0 Å². The molecule has 1 unspecified atom stereocenters. The highest BCUT2D eigenvalue weighted by atomic mass is 35.5. The van der Waals surface area contributed by atoms with Gasteiger partial charge in [0.2, 0.25) is 0 Å². The Morgan fingerprint density at radius 1 is 1.26 bits per heavy atom.